The third kappa shape index (κ3) is 3.48. The highest BCUT2D eigenvalue weighted by Gasteiger charge is 2.85. The van der Waals surface area contributed by atoms with Gasteiger partial charge in [0.1, 0.15) is 0 Å². The van der Waals surface area contributed by atoms with Crippen LogP contribution in [0.2, 0.25) is 0 Å². The summed E-state index contributed by atoms with van der Waals surface area (Å²) in [5.41, 5.74) is -3.93. The van der Waals surface area contributed by atoms with Gasteiger partial charge in [0, 0.05) is 31.8 Å². The fourth-order valence-electron chi connectivity index (χ4n) is 6.01. The Morgan fingerprint density at radius 3 is 1.24 bits per heavy atom. The number of alkyl halides is 6. The lowest BCUT2D eigenvalue weighted by Crippen LogP contribution is -2.47. The van der Waals surface area contributed by atoms with Gasteiger partial charge in [-0.25, -0.2) is 0 Å². The molecule has 2 fully saturated rings. The van der Waals surface area contributed by atoms with Gasteiger partial charge in [-0.2, -0.15) is 26.3 Å². The van der Waals surface area contributed by atoms with Crippen molar-refractivity contribution in [2.45, 2.75) is 45.5 Å². The summed E-state index contributed by atoms with van der Waals surface area (Å²) in [5.74, 6) is -15.7. The molecule has 2 atom stereocenters. The lowest BCUT2D eigenvalue weighted by atomic mass is 9.54. The number of thioether (sulfide) groups is 2. The maximum absolute atomic E-state index is 15.4. The second-order valence-electron chi connectivity index (χ2n) is 9.98. The SMILES string of the molecule is CC1=C2COCCOCCOCCOCC3=C(C)SC4=C5C(=C(S1)[C@]2(C)[C@]34C)C(F)(F)C(F)(F)C5(F)F. The molecule has 0 amide bonds. The molecule has 0 N–H and O–H groups in total. The van der Waals surface area contributed by atoms with Crippen LogP contribution in [0.3, 0.4) is 0 Å². The topological polar surface area (TPSA) is 36.9 Å². The van der Waals surface area contributed by atoms with Crippen molar-refractivity contribution >= 4 is 23.5 Å². The van der Waals surface area contributed by atoms with E-state index in [1.165, 1.54) is 0 Å². The third-order valence-electron chi connectivity index (χ3n) is 8.21. The highest BCUT2D eigenvalue weighted by Crippen LogP contribution is 2.79. The van der Waals surface area contributed by atoms with Crippen molar-refractivity contribution in [2.75, 3.05) is 52.9 Å². The lowest BCUT2D eigenvalue weighted by Gasteiger charge is -2.50. The quantitative estimate of drug-likeness (QED) is 0.307. The average Bonchev–Trinajstić information content (AvgIpc) is 3.26. The molecule has 12 heteroatoms. The molecular weight excluding hydrogens is 542 g/mol. The molecule has 0 aromatic heterocycles. The number of allylic oxidation sites excluding steroid dienone is 6. The summed E-state index contributed by atoms with van der Waals surface area (Å²) in [7, 11) is 0. The molecule has 4 nitrogen and oxygen atoms in total. The number of fused-ring (bicyclic) bond motifs is 1. The molecule has 3 aliphatic heterocycles. The standard InChI is InChI=1S/C25H28F6O4S2/c1-13-15-11-34-9-7-32-5-6-33-8-10-35-12-16-14(2)37-20-18-17(19(36-13)21(15,3)22(16,20)4)23(26,27)25(30,31)24(18,28)29/h5-12H2,1-4H3/t21-,22-/m1/s1. The van der Waals surface area contributed by atoms with E-state index in [9.17, 15) is 8.78 Å². The van der Waals surface area contributed by atoms with Gasteiger partial charge in [-0.3, -0.25) is 0 Å². The van der Waals surface area contributed by atoms with Crippen LogP contribution in [-0.4, -0.2) is 70.6 Å². The van der Waals surface area contributed by atoms with Crippen molar-refractivity contribution in [1.29, 1.82) is 0 Å². The molecule has 37 heavy (non-hydrogen) atoms. The molecule has 3 heterocycles. The van der Waals surface area contributed by atoms with E-state index in [1.807, 2.05) is 0 Å². The molecule has 0 unspecified atom stereocenters. The third-order valence-corrected chi connectivity index (χ3v) is 10.9. The predicted octanol–water partition coefficient (Wildman–Crippen LogP) is 6.56. The van der Waals surface area contributed by atoms with Crippen LogP contribution in [0.1, 0.15) is 27.7 Å². The summed E-state index contributed by atoms with van der Waals surface area (Å²) in [6, 6.07) is 0. The van der Waals surface area contributed by atoms with Crippen LogP contribution in [0.25, 0.3) is 0 Å². The minimum atomic E-state index is -5.57. The van der Waals surface area contributed by atoms with Gasteiger partial charge in [-0.05, 0) is 48.7 Å². The monoisotopic (exact) mass is 570 g/mol. The van der Waals surface area contributed by atoms with Gasteiger partial charge in [0.2, 0.25) is 0 Å². The maximum Gasteiger partial charge on any atom is 0.380 e. The van der Waals surface area contributed by atoms with E-state index in [-0.39, 0.29) is 49.5 Å². The van der Waals surface area contributed by atoms with Crippen molar-refractivity contribution in [3.63, 3.8) is 0 Å². The normalized spacial score (nSPS) is 35.8. The molecule has 1 saturated carbocycles. The van der Waals surface area contributed by atoms with Gasteiger partial charge in [-0.15, -0.1) is 0 Å². The van der Waals surface area contributed by atoms with Crippen LogP contribution >= 0.6 is 23.5 Å². The molecule has 206 valence electrons. The van der Waals surface area contributed by atoms with Crippen molar-refractivity contribution in [1.82, 2.24) is 0 Å². The van der Waals surface area contributed by atoms with Gasteiger partial charge in [0.15, 0.2) is 0 Å². The van der Waals surface area contributed by atoms with Crippen LogP contribution in [0, 0.1) is 10.8 Å². The molecular formula is C25H28F6O4S2. The van der Waals surface area contributed by atoms with Gasteiger partial charge >= 0.3 is 17.8 Å². The Hall–Kier alpha value is -0.920. The van der Waals surface area contributed by atoms with E-state index < -0.39 is 39.7 Å². The number of rotatable bonds is 0. The Bertz CT molecular complexity index is 1060. The predicted molar refractivity (Wildman–Crippen MR) is 129 cm³/mol. The molecule has 0 aromatic rings. The zero-order valence-corrected chi connectivity index (χ0v) is 22.5. The number of ether oxygens (including phenoxy) is 4. The second kappa shape index (κ2) is 9.05. The van der Waals surface area contributed by atoms with E-state index in [4.69, 9.17) is 18.9 Å². The molecule has 1 saturated heterocycles. The Balaban J connectivity index is 1.74. The summed E-state index contributed by atoms with van der Waals surface area (Å²) in [6.45, 7) is 8.45. The van der Waals surface area contributed by atoms with E-state index in [0.717, 1.165) is 23.5 Å². The summed E-state index contributed by atoms with van der Waals surface area (Å²) >= 11 is 1.74. The van der Waals surface area contributed by atoms with Crippen molar-refractivity contribution in [3.8, 4) is 0 Å². The molecule has 0 spiro atoms. The first-order valence-electron chi connectivity index (χ1n) is 12.0. The van der Waals surface area contributed by atoms with E-state index in [2.05, 4.69) is 0 Å². The van der Waals surface area contributed by atoms with Crippen LogP contribution < -0.4 is 0 Å². The Kier molecular flexibility index (Phi) is 6.76. The average molecular weight is 571 g/mol. The van der Waals surface area contributed by atoms with E-state index >= 15 is 17.6 Å². The molecule has 5 aliphatic rings. The zero-order chi connectivity index (χ0) is 27.0. The van der Waals surface area contributed by atoms with Gasteiger partial charge in [-0.1, -0.05) is 23.5 Å². The first-order valence-corrected chi connectivity index (χ1v) is 13.6. The second-order valence-corrected chi connectivity index (χ2v) is 12.4. The van der Waals surface area contributed by atoms with Crippen molar-refractivity contribution < 1.29 is 45.3 Å². The Morgan fingerprint density at radius 2 is 0.892 bits per heavy atom. The lowest BCUT2D eigenvalue weighted by molar-refractivity contribution is -0.258. The highest BCUT2D eigenvalue weighted by atomic mass is 32.2. The van der Waals surface area contributed by atoms with Crippen LogP contribution in [0.15, 0.2) is 41.9 Å². The number of hydrogen-bond acceptors (Lipinski definition) is 6. The molecule has 0 aromatic carbocycles. The maximum atomic E-state index is 15.4. The van der Waals surface area contributed by atoms with Gasteiger partial charge in [0.05, 0.1) is 52.9 Å². The summed E-state index contributed by atoms with van der Waals surface area (Å²) < 4.78 is 114. The minimum Gasteiger partial charge on any atom is -0.377 e. The van der Waals surface area contributed by atoms with Crippen molar-refractivity contribution in [2.24, 2.45) is 10.8 Å². The largest absolute Gasteiger partial charge is 0.380 e. The molecule has 0 radical (unpaired) electrons. The van der Waals surface area contributed by atoms with E-state index in [0.29, 0.717) is 34.2 Å². The molecule has 0 bridgehead atoms. The van der Waals surface area contributed by atoms with Crippen LogP contribution in [-0.2, 0) is 18.9 Å². The van der Waals surface area contributed by atoms with Crippen LogP contribution in [0.4, 0.5) is 26.3 Å². The fraction of sp³-hybridized carbons (Fsp3) is 0.680. The minimum absolute atomic E-state index is 0.0143. The van der Waals surface area contributed by atoms with E-state index in [1.54, 1.807) is 27.7 Å². The Morgan fingerprint density at radius 1 is 0.568 bits per heavy atom. The highest BCUT2D eigenvalue weighted by molar-refractivity contribution is 8.07. The first-order chi connectivity index (χ1) is 17.3. The zero-order valence-electron chi connectivity index (χ0n) is 20.9. The first kappa shape index (κ1) is 27.6. The van der Waals surface area contributed by atoms with Gasteiger partial charge < -0.3 is 18.9 Å². The van der Waals surface area contributed by atoms with Crippen LogP contribution in [0.5, 0.6) is 0 Å². The fourth-order valence-corrected chi connectivity index (χ4v) is 9.12. The Labute approximate surface area is 219 Å². The molecule has 5 rings (SSSR count). The summed E-state index contributed by atoms with van der Waals surface area (Å²) in [5, 5.41) is 0. The molecule has 2 aliphatic carbocycles. The number of hydrogen-bond donors (Lipinski definition) is 0. The summed E-state index contributed by atoms with van der Waals surface area (Å²) in [4.78, 5) is 0.818. The summed E-state index contributed by atoms with van der Waals surface area (Å²) in [6.07, 6.45) is 0. The number of halogens is 6. The van der Waals surface area contributed by atoms with Crippen molar-refractivity contribution in [3.05, 3.63) is 41.9 Å². The smallest absolute Gasteiger partial charge is 0.377 e. The van der Waals surface area contributed by atoms with Gasteiger partial charge in [0.25, 0.3) is 0 Å².